The molecule has 0 aliphatic heterocycles. The molecule has 2 aromatic carbocycles. The zero-order valence-corrected chi connectivity index (χ0v) is 20.6. The third kappa shape index (κ3) is 6.84. The molecule has 35 heavy (non-hydrogen) atoms. The monoisotopic (exact) mass is 460 g/mol. The average molecular weight is 460 g/mol. The predicted molar refractivity (Wildman–Crippen MR) is 154 cm³/mol. The lowest BCUT2D eigenvalue weighted by Crippen LogP contribution is -2.11. The third-order valence-electron chi connectivity index (χ3n) is 5.75. The fourth-order valence-corrected chi connectivity index (χ4v) is 4.20. The Morgan fingerprint density at radius 1 is 1.06 bits per heavy atom. The van der Waals surface area contributed by atoms with Crippen LogP contribution in [0.2, 0.25) is 6.32 Å². The molecule has 0 unspecified atom stereocenters. The first-order valence-corrected chi connectivity index (χ1v) is 11.6. The Hall–Kier alpha value is -3.84. The molecule has 3 heteroatoms. The molecule has 176 valence electrons. The summed E-state index contributed by atoms with van der Waals surface area (Å²) >= 11 is 0. The first-order chi connectivity index (χ1) is 17.0. The first-order valence-electron chi connectivity index (χ1n) is 11.6. The minimum Gasteiger partial charge on any atom is -0.427 e. The van der Waals surface area contributed by atoms with Crippen LogP contribution >= 0.6 is 0 Å². The molecule has 0 atom stereocenters. The van der Waals surface area contributed by atoms with E-state index in [0.29, 0.717) is 0 Å². The van der Waals surface area contributed by atoms with Gasteiger partial charge in [0.25, 0.3) is 0 Å². The van der Waals surface area contributed by atoms with Gasteiger partial charge < -0.3 is 10.0 Å². The molecule has 1 aliphatic carbocycles. The topological polar surface area (TPSA) is 40.5 Å². The van der Waals surface area contributed by atoms with Crippen molar-refractivity contribution in [2.75, 3.05) is 0 Å². The molecule has 0 saturated heterocycles. The summed E-state index contributed by atoms with van der Waals surface area (Å²) in [6.45, 7) is 12.0. The van der Waals surface area contributed by atoms with E-state index in [1.807, 2.05) is 44.2 Å². The second-order valence-corrected chi connectivity index (χ2v) is 8.02. The van der Waals surface area contributed by atoms with Gasteiger partial charge in [-0.3, -0.25) is 0 Å². The van der Waals surface area contributed by atoms with Gasteiger partial charge in [0, 0.05) is 6.32 Å². The van der Waals surface area contributed by atoms with E-state index in [4.69, 9.17) is 0 Å². The SMILES string of the molecule is C#C.C=C/C(C)=C(/C1=C(CB(O)O)C=CCC=C1)c1cccc(-c2cccc(C=C)c2/C=C\C)c1. The van der Waals surface area contributed by atoms with Gasteiger partial charge in [-0.15, -0.1) is 12.8 Å². The Kier molecular flexibility index (Phi) is 10.8. The van der Waals surface area contributed by atoms with Gasteiger partial charge in [0.05, 0.1) is 0 Å². The van der Waals surface area contributed by atoms with Crippen LogP contribution in [0, 0.1) is 12.8 Å². The molecule has 2 nitrogen and oxygen atoms in total. The molecular formula is C32H33BO2. The molecule has 0 radical (unpaired) electrons. The highest BCUT2D eigenvalue weighted by molar-refractivity contribution is 6.42. The van der Waals surface area contributed by atoms with Crippen molar-refractivity contribution in [3.8, 4) is 24.0 Å². The number of hydrogen-bond acceptors (Lipinski definition) is 2. The molecule has 0 saturated carbocycles. The largest absolute Gasteiger partial charge is 0.456 e. The van der Waals surface area contributed by atoms with Crippen LogP contribution in [0.1, 0.15) is 37.0 Å². The maximum absolute atomic E-state index is 9.70. The van der Waals surface area contributed by atoms with Crippen LogP contribution in [0.15, 0.2) is 109 Å². The molecule has 0 spiro atoms. The van der Waals surface area contributed by atoms with Crippen molar-refractivity contribution in [3.05, 3.63) is 125 Å². The number of rotatable bonds is 8. The van der Waals surface area contributed by atoms with E-state index in [9.17, 15) is 10.0 Å². The van der Waals surface area contributed by atoms with Gasteiger partial charge in [0.2, 0.25) is 0 Å². The lowest BCUT2D eigenvalue weighted by atomic mass is 9.77. The zero-order valence-electron chi connectivity index (χ0n) is 20.6. The Balaban J connectivity index is 0.00000210. The van der Waals surface area contributed by atoms with Crippen LogP contribution in [0.3, 0.4) is 0 Å². The van der Waals surface area contributed by atoms with E-state index in [2.05, 4.69) is 86.7 Å². The van der Waals surface area contributed by atoms with E-state index < -0.39 is 7.12 Å². The van der Waals surface area contributed by atoms with Crippen LogP contribution in [0.4, 0.5) is 0 Å². The maximum atomic E-state index is 9.70. The van der Waals surface area contributed by atoms with E-state index >= 15 is 0 Å². The standard InChI is InChI=1S/C30H31BO2.C2H2/c1-5-13-27-23(7-3)15-12-19-28(27)24-16-11-17-25(20-24)30(22(4)6-2)29-18-10-8-9-14-26(29)21-31(32)33;1-2/h5-7,9-20,32-33H,2-3,8,21H2,1,4H3;1-2H/b13-5-,30-22+;. The van der Waals surface area contributed by atoms with Crippen molar-refractivity contribution in [2.45, 2.75) is 26.6 Å². The molecule has 0 aromatic heterocycles. The van der Waals surface area contributed by atoms with Crippen LogP contribution in [0.25, 0.3) is 28.9 Å². The highest BCUT2D eigenvalue weighted by atomic mass is 16.4. The second-order valence-electron chi connectivity index (χ2n) is 8.02. The molecule has 0 amide bonds. The third-order valence-corrected chi connectivity index (χ3v) is 5.75. The van der Waals surface area contributed by atoms with E-state index in [1.165, 1.54) is 0 Å². The van der Waals surface area contributed by atoms with Gasteiger partial charge in [-0.2, -0.15) is 0 Å². The zero-order chi connectivity index (χ0) is 25.8. The van der Waals surface area contributed by atoms with Crippen LogP contribution < -0.4 is 0 Å². The summed E-state index contributed by atoms with van der Waals surface area (Å²) in [4.78, 5) is 0. The Morgan fingerprint density at radius 3 is 2.43 bits per heavy atom. The highest BCUT2D eigenvalue weighted by Crippen LogP contribution is 2.36. The van der Waals surface area contributed by atoms with Gasteiger partial charge in [-0.25, -0.2) is 0 Å². The summed E-state index contributed by atoms with van der Waals surface area (Å²) < 4.78 is 0. The van der Waals surface area contributed by atoms with Crippen molar-refractivity contribution in [3.63, 3.8) is 0 Å². The fraction of sp³-hybridized carbons (Fsp3) is 0.125. The van der Waals surface area contributed by atoms with E-state index in [0.717, 1.165) is 56.5 Å². The Bertz CT molecular complexity index is 1230. The van der Waals surface area contributed by atoms with E-state index in [1.54, 1.807) is 0 Å². The lowest BCUT2D eigenvalue weighted by Gasteiger charge is -2.18. The van der Waals surface area contributed by atoms with Crippen molar-refractivity contribution in [1.29, 1.82) is 0 Å². The number of hydrogen-bond donors (Lipinski definition) is 2. The highest BCUT2D eigenvalue weighted by Gasteiger charge is 2.18. The van der Waals surface area contributed by atoms with Crippen LogP contribution in [-0.4, -0.2) is 17.2 Å². The summed E-state index contributed by atoms with van der Waals surface area (Å²) in [7, 11) is -1.41. The van der Waals surface area contributed by atoms with Gasteiger partial charge in [-0.05, 0) is 76.4 Å². The van der Waals surface area contributed by atoms with Gasteiger partial charge >= 0.3 is 7.12 Å². The molecule has 0 fully saturated rings. The molecule has 2 aromatic rings. The van der Waals surface area contributed by atoms with Crippen molar-refractivity contribution in [2.24, 2.45) is 0 Å². The molecule has 2 N–H and O–H groups in total. The molecule has 0 heterocycles. The van der Waals surface area contributed by atoms with Gasteiger partial charge in [-0.1, -0.05) is 98.2 Å². The fourth-order valence-electron chi connectivity index (χ4n) is 4.20. The molecule has 1 aliphatic rings. The minimum absolute atomic E-state index is 0.163. The van der Waals surface area contributed by atoms with Crippen molar-refractivity contribution < 1.29 is 10.0 Å². The van der Waals surface area contributed by atoms with Crippen LogP contribution in [0.5, 0.6) is 0 Å². The van der Waals surface area contributed by atoms with Crippen molar-refractivity contribution in [1.82, 2.24) is 0 Å². The van der Waals surface area contributed by atoms with Crippen molar-refractivity contribution >= 4 is 24.8 Å². The Morgan fingerprint density at radius 2 is 1.77 bits per heavy atom. The maximum Gasteiger partial charge on any atom is 0.456 e. The molecule has 0 bridgehead atoms. The number of allylic oxidation sites excluding steroid dienone is 10. The average Bonchev–Trinajstić information content (AvgIpc) is 3.10. The van der Waals surface area contributed by atoms with E-state index in [-0.39, 0.29) is 6.32 Å². The summed E-state index contributed by atoms with van der Waals surface area (Å²) in [6, 6.07) is 14.7. The molecule has 3 rings (SSSR count). The second kappa shape index (κ2) is 13.8. The quantitative estimate of drug-likeness (QED) is 0.243. The number of terminal acetylenes is 1. The van der Waals surface area contributed by atoms with Gasteiger partial charge in [0.1, 0.15) is 0 Å². The van der Waals surface area contributed by atoms with Crippen LogP contribution in [-0.2, 0) is 0 Å². The smallest absolute Gasteiger partial charge is 0.427 e. The molecular weight excluding hydrogens is 427 g/mol. The summed E-state index contributed by atoms with van der Waals surface area (Å²) in [6.07, 6.45) is 25.1. The summed E-state index contributed by atoms with van der Waals surface area (Å²) in [5.41, 5.74) is 9.48. The summed E-state index contributed by atoms with van der Waals surface area (Å²) in [5, 5.41) is 19.4. The predicted octanol–water partition coefficient (Wildman–Crippen LogP) is 7.52. The van der Waals surface area contributed by atoms with Gasteiger partial charge in [0.15, 0.2) is 0 Å². The summed E-state index contributed by atoms with van der Waals surface area (Å²) in [5.74, 6) is 0. The Labute approximate surface area is 210 Å². The first kappa shape index (κ1) is 27.4. The number of benzene rings is 2. The normalized spacial score (nSPS) is 13.5. The minimum atomic E-state index is -1.41. The lowest BCUT2D eigenvalue weighted by molar-refractivity contribution is 0.410.